The normalized spacial score (nSPS) is 15.3. The van der Waals surface area contributed by atoms with E-state index in [4.69, 9.17) is 15.2 Å². The molecule has 36 heavy (non-hydrogen) atoms. The molecule has 0 amide bonds. The van der Waals surface area contributed by atoms with Gasteiger partial charge in [0.25, 0.3) is 0 Å². The van der Waals surface area contributed by atoms with Crippen molar-refractivity contribution in [3.05, 3.63) is 80.5 Å². The fourth-order valence-corrected chi connectivity index (χ4v) is 4.24. The SMILES string of the molecule is COC(=O)C1=C(C(=O)OC)N(c2cc(Br)c(F)c(C(=O)OC)c2O)C(N)=C(C#N)C1c1ccccc1. The van der Waals surface area contributed by atoms with E-state index in [1.807, 2.05) is 6.07 Å². The number of nitriles is 1. The second kappa shape index (κ2) is 10.5. The summed E-state index contributed by atoms with van der Waals surface area (Å²) < 4.78 is 28.8. The van der Waals surface area contributed by atoms with Crippen LogP contribution in [0.4, 0.5) is 10.1 Å². The van der Waals surface area contributed by atoms with Crippen molar-refractivity contribution in [2.75, 3.05) is 26.2 Å². The highest BCUT2D eigenvalue weighted by Crippen LogP contribution is 2.47. The highest BCUT2D eigenvalue weighted by atomic mass is 79.9. The number of phenols is 1. The highest BCUT2D eigenvalue weighted by Gasteiger charge is 2.44. The Hall–Kier alpha value is -4.37. The number of carbonyl (C=O) groups is 3. The first kappa shape index (κ1) is 26.2. The number of hydrogen-bond donors (Lipinski definition) is 2. The lowest BCUT2D eigenvalue weighted by atomic mass is 9.81. The number of ether oxygens (including phenoxy) is 3. The van der Waals surface area contributed by atoms with E-state index >= 15 is 0 Å². The Morgan fingerprint density at radius 2 is 1.67 bits per heavy atom. The van der Waals surface area contributed by atoms with Crippen molar-refractivity contribution in [3.8, 4) is 11.8 Å². The number of benzene rings is 2. The molecule has 0 radical (unpaired) electrons. The third-order valence-electron chi connectivity index (χ3n) is 5.41. The maximum absolute atomic E-state index is 14.8. The molecular formula is C24H19BrFN3O7. The van der Waals surface area contributed by atoms with Crippen LogP contribution >= 0.6 is 15.9 Å². The molecule has 0 saturated carbocycles. The van der Waals surface area contributed by atoms with Gasteiger partial charge in [-0.2, -0.15) is 5.26 Å². The van der Waals surface area contributed by atoms with Crippen LogP contribution in [0.5, 0.6) is 5.75 Å². The molecule has 1 heterocycles. The molecule has 186 valence electrons. The van der Waals surface area contributed by atoms with Crippen molar-refractivity contribution in [2.45, 2.75) is 5.92 Å². The van der Waals surface area contributed by atoms with Crippen LogP contribution < -0.4 is 10.6 Å². The third kappa shape index (κ3) is 4.25. The minimum Gasteiger partial charge on any atom is -0.505 e. The fraction of sp³-hybridized carbons (Fsp3) is 0.167. The molecule has 2 aromatic carbocycles. The van der Waals surface area contributed by atoms with Gasteiger partial charge in [0.2, 0.25) is 0 Å². The lowest BCUT2D eigenvalue weighted by Gasteiger charge is -2.36. The number of aromatic hydroxyl groups is 1. The van der Waals surface area contributed by atoms with Gasteiger partial charge in [0, 0.05) is 0 Å². The maximum Gasteiger partial charge on any atom is 0.355 e. The summed E-state index contributed by atoms with van der Waals surface area (Å²) in [4.78, 5) is 39.2. The van der Waals surface area contributed by atoms with E-state index in [-0.39, 0.29) is 21.4 Å². The number of halogens is 2. The summed E-state index contributed by atoms with van der Waals surface area (Å²) in [7, 11) is 3.09. The Labute approximate surface area is 213 Å². The van der Waals surface area contributed by atoms with Crippen LogP contribution in [0.1, 0.15) is 21.8 Å². The van der Waals surface area contributed by atoms with Gasteiger partial charge < -0.3 is 25.1 Å². The van der Waals surface area contributed by atoms with Gasteiger partial charge in [-0.25, -0.2) is 18.8 Å². The lowest BCUT2D eigenvalue weighted by molar-refractivity contribution is -0.139. The molecule has 1 atom stereocenters. The van der Waals surface area contributed by atoms with Gasteiger partial charge in [-0.3, -0.25) is 4.90 Å². The largest absolute Gasteiger partial charge is 0.505 e. The molecule has 0 spiro atoms. The molecular weight excluding hydrogens is 541 g/mol. The highest BCUT2D eigenvalue weighted by molar-refractivity contribution is 9.10. The van der Waals surface area contributed by atoms with Crippen molar-refractivity contribution in [2.24, 2.45) is 5.73 Å². The van der Waals surface area contributed by atoms with Crippen LogP contribution in [0.25, 0.3) is 0 Å². The number of phenolic OH excluding ortho intramolecular Hbond substituents is 1. The molecule has 3 N–H and O–H groups in total. The standard InChI is InChI=1S/C24H19BrFN3O7/c1-34-22(31)16-15(11-7-5-4-6-8-11)12(10-27)21(28)29(19(16)24(33)36-3)14-9-13(25)18(26)17(20(14)30)23(32)35-2/h4-9,15,30H,28H2,1-3H3. The second-order valence-electron chi connectivity index (χ2n) is 7.24. The Bertz CT molecular complexity index is 1370. The van der Waals surface area contributed by atoms with Gasteiger partial charge in [-0.05, 0) is 27.6 Å². The van der Waals surface area contributed by atoms with Crippen LogP contribution in [-0.2, 0) is 23.8 Å². The summed E-state index contributed by atoms with van der Waals surface area (Å²) in [5.41, 5.74) is 4.46. The molecule has 12 heteroatoms. The van der Waals surface area contributed by atoms with Gasteiger partial charge in [-0.1, -0.05) is 30.3 Å². The molecule has 0 aromatic heterocycles. The number of allylic oxidation sites excluding steroid dienone is 1. The number of anilines is 1. The number of nitrogens with zero attached hydrogens (tertiary/aromatic N) is 2. The molecule has 1 aliphatic heterocycles. The third-order valence-corrected chi connectivity index (χ3v) is 5.99. The predicted molar refractivity (Wildman–Crippen MR) is 127 cm³/mol. The topological polar surface area (TPSA) is 152 Å². The number of hydrogen-bond acceptors (Lipinski definition) is 10. The zero-order valence-corrected chi connectivity index (χ0v) is 20.8. The van der Waals surface area contributed by atoms with Crippen molar-refractivity contribution in [1.82, 2.24) is 0 Å². The Kier molecular flexibility index (Phi) is 7.65. The maximum atomic E-state index is 14.8. The quantitative estimate of drug-likeness (QED) is 0.412. The molecule has 1 aliphatic rings. The first-order valence-corrected chi connectivity index (χ1v) is 10.9. The first-order valence-electron chi connectivity index (χ1n) is 10.1. The summed E-state index contributed by atoms with van der Waals surface area (Å²) in [6, 6.07) is 11.2. The van der Waals surface area contributed by atoms with Gasteiger partial charge in [0.1, 0.15) is 17.1 Å². The number of nitrogens with two attached hydrogens (primary N) is 1. The zero-order valence-electron chi connectivity index (χ0n) is 19.2. The van der Waals surface area contributed by atoms with E-state index in [2.05, 4.69) is 20.7 Å². The predicted octanol–water partition coefficient (Wildman–Crippen LogP) is 2.98. The molecule has 2 aromatic rings. The van der Waals surface area contributed by atoms with Crippen molar-refractivity contribution >= 4 is 39.5 Å². The van der Waals surface area contributed by atoms with Crippen LogP contribution in [-0.4, -0.2) is 44.3 Å². The first-order chi connectivity index (χ1) is 17.1. The van der Waals surface area contributed by atoms with Crippen LogP contribution in [0, 0.1) is 17.1 Å². The fourth-order valence-electron chi connectivity index (χ4n) is 3.83. The number of esters is 3. The summed E-state index contributed by atoms with van der Waals surface area (Å²) >= 11 is 2.96. The number of carbonyl (C=O) groups excluding carboxylic acids is 3. The van der Waals surface area contributed by atoms with Crippen molar-refractivity contribution in [3.63, 3.8) is 0 Å². The molecule has 3 rings (SSSR count). The van der Waals surface area contributed by atoms with E-state index in [0.717, 1.165) is 32.3 Å². The Morgan fingerprint density at radius 3 is 2.19 bits per heavy atom. The monoisotopic (exact) mass is 559 g/mol. The molecule has 10 nitrogen and oxygen atoms in total. The van der Waals surface area contributed by atoms with E-state index in [0.29, 0.717) is 5.56 Å². The zero-order chi connectivity index (χ0) is 26.7. The van der Waals surface area contributed by atoms with Gasteiger partial charge in [-0.15, -0.1) is 0 Å². The van der Waals surface area contributed by atoms with Crippen molar-refractivity contribution < 1.29 is 38.1 Å². The molecule has 0 bridgehead atoms. The molecule has 0 fully saturated rings. The van der Waals surface area contributed by atoms with Crippen molar-refractivity contribution in [1.29, 1.82) is 5.26 Å². The molecule has 1 unspecified atom stereocenters. The van der Waals surface area contributed by atoms with E-state index in [9.17, 15) is 29.1 Å². The Morgan fingerprint density at radius 1 is 1.08 bits per heavy atom. The molecule has 0 aliphatic carbocycles. The minimum atomic E-state index is -1.23. The van der Waals surface area contributed by atoms with Crippen LogP contribution in [0.3, 0.4) is 0 Å². The van der Waals surface area contributed by atoms with E-state index in [1.165, 1.54) is 0 Å². The van der Waals surface area contributed by atoms with Gasteiger partial charge >= 0.3 is 17.9 Å². The smallest absolute Gasteiger partial charge is 0.355 e. The minimum absolute atomic E-state index is 0.186. The summed E-state index contributed by atoms with van der Waals surface area (Å²) in [6.45, 7) is 0. The number of rotatable bonds is 5. The van der Waals surface area contributed by atoms with Crippen LogP contribution in [0.2, 0.25) is 0 Å². The van der Waals surface area contributed by atoms with Gasteiger partial charge in [0.15, 0.2) is 11.6 Å². The van der Waals surface area contributed by atoms with E-state index < -0.39 is 52.3 Å². The number of methoxy groups -OCH3 is 3. The van der Waals surface area contributed by atoms with E-state index in [1.54, 1.807) is 30.3 Å². The molecule has 0 saturated heterocycles. The van der Waals surface area contributed by atoms with Gasteiger partial charge in [0.05, 0.1) is 54.6 Å². The summed E-state index contributed by atoms with van der Waals surface area (Å²) in [6.07, 6.45) is 0. The second-order valence-corrected chi connectivity index (χ2v) is 8.10. The summed E-state index contributed by atoms with van der Waals surface area (Å²) in [5.74, 6) is -6.97. The van der Waals surface area contributed by atoms with Crippen LogP contribution in [0.15, 0.2) is 63.5 Å². The average Bonchev–Trinajstić information content (AvgIpc) is 2.89. The lowest BCUT2D eigenvalue weighted by Crippen LogP contribution is -2.41. The Balaban J connectivity index is 2.51. The summed E-state index contributed by atoms with van der Waals surface area (Å²) in [5, 5.41) is 21.0. The average molecular weight is 560 g/mol.